The Morgan fingerprint density at radius 3 is 2.68 bits per heavy atom. The fourth-order valence-electron chi connectivity index (χ4n) is 2.90. The van der Waals surface area contributed by atoms with Gasteiger partial charge < -0.3 is 10.4 Å². The van der Waals surface area contributed by atoms with E-state index in [0.29, 0.717) is 12.0 Å². The number of carbonyl (C=O) groups is 1. The van der Waals surface area contributed by atoms with Crippen molar-refractivity contribution in [3.8, 4) is 0 Å². The molecule has 22 heavy (non-hydrogen) atoms. The van der Waals surface area contributed by atoms with E-state index in [1.807, 2.05) is 0 Å². The van der Waals surface area contributed by atoms with E-state index in [0.717, 1.165) is 31.9 Å². The van der Waals surface area contributed by atoms with Crippen LogP contribution in [0.4, 0.5) is 8.78 Å². The first kappa shape index (κ1) is 16.8. The van der Waals surface area contributed by atoms with E-state index in [1.54, 1.807) is 0 Å². The van der Waals surface area contributed by atoms with Crippen molar-refractivity contribution < 1.29 is 18.7 Å². The molecule has 2 N–H and O–H groups in total. The molecule has 4 nitrogen and oxygen atoms in total. The molecule has 1 atom stereocenters. The van der Waals surface area contributed by atoms with Crippen LogP contribution in [-0.4, -0.2) is 41.7 Å². The van der Waals surface area contributed by atoms with Gasteiger partial charge in [0.25, 0.3) is 0 Å². The fraction of sp³-hybridized carbons (Fsp3) is 0.562. The third kappa shape index (κ3) is 5.03. The molecule has 0 aliphatic carbocycles. The molecule has 1 aromatic rings. The number of aliphatic hydroxyl groups excluding tert-OH is 1. The first-order chi connectivity index (χ1) is 10.6. The van der Waals surface area contributed by atoms with Gasteiger partial charge in [0.2, 0.25) is 5.91 Å². The van der Waals surface area contributed by atoms with Crippen molar-refractivity contribution in [2.75, 3.05) is 19.7 Å². The van der Waals surface area contributed by atoms with Crippen LogP contribution in [0.15, 0.2) is 18.2 Å². The molecule has 1 unspecified atom stereocenters. The summed E-state index contributed by atoms with van der Waals surface area (Å²) in [5, 5.41) is 11.8. The van der Waals surface area contributed by atoms with Crippen molar-refractivity contribution in [1.82, 2.24) is 10.2 Å². The van der Waals surface area contributed by atoms with Crippen molar-refractivity contribution in [2.24, 2.45) is 0 Å². The number of nitrogens with zero attached hydrogens (tertiary/aromatic N) is 1. The number of hydrogen-bond acceptors (Lipinski definition) is 3. The van der Waals surface area contributed by atoms with E-state index in [-0.39, 0.29) is 31.6 Å². The Morgan fingerprint density at radius 2 is 2.00 bits per heavy atom. The quantitative estimate of drug-likeness (QED) is 0.842. The first-order valence-corrected chi connectivity index (χ1v) is 7.65. The summed E-state index contributed by atoms with van der Waals surface area (Å²) in [6.07, 6.45) is 3.82. The van der Waals surface area contributed by atoms with E-state index in [2.05, 4.69) is 10.2 Å². The molecule has 1 saturated heterocycles. The fourth-order valence-corrected chi connectivity index (χ4v) is 2.90. The molecule has 2 rings (SSSR count). The number of hydrogen-bond donors (Lipinski definition) is 2. The molecular formula is C16H22F2N2O2. The highest BCUT2D eigenvalue weighted by Crippen LogP contribution is 2.18. The highest BCUT2D eigenvalue weighted by Gasteiger charge is 2.23. The number of nitrogens with one attached hydrogen (secondary N) is 1. The van der Waals surface area contributed by atoms with Crippen molar-refractivity contribution in [3.05, 3.63) is 35.4 Å². The molecule has 1 aliphatic rings. The van der Waals surface area contributed by atoms with Gasteiger partial charge in [0.1, 0.15) is 11.6 Å². The molecular weight excluding hydrogens is 290 g/mol. The molecule has 1 fully saturated rings. The molecule has 122 valence electrons. The van der Waals surface area contributed by atoms with Gasteiger partial charge in [-0.2, -0.15) is 0 Å². The number of rotatable bonds is 6. The summed E-state index contributed by atoms with van der Waals surface area (Å²) in [5.41, 5.74) is 0.399. The van der Waals surface area contributed by atoms with Gasteiger partial charge in [-0.1, -0.05) is 6.42 Å². The zero-order chi connectivity index (χ0) is 15.9. The Kier molecular flexibility index (Phi) is 6.27. The van der Waals surface area contributed by atoms with Gasteiger partial charge in [0.15, 0.2) is 0 Å². The van der Waals surface area contributed by atoms with Crippen molar-refractivity contribution in [2.45, 2.75) is 38.3 Å². The lowest BCUT2D eigenvalue weighted by Gasteiger charge is -2.34. The van der Waals surface area contributed by atoms with Crippen LogP contribution in [-0.2, 0) is 11.3 Å². The number of aliphatic hydroxyl groups is 1. The second kappa shape index (κ2) is 8.19. The molecule has 6 heteroatoms. The maximum absolute atomic E-state index is 13.1. The number of amides is 1. The lowest BCUT2D eigenvalue weighted by atomic mass is 10.00. The van der Waals surface area contributed by atoms with Crippen molar-refractivity contribution in [3.63, 3.8) is 0 Å². The largest absolute Gasteiger partial charge is 0.396 e. The van der Waals surface area contributed by atoms with E-state index in [1.165, 1.54) is 12.1 Å². The standard InChI is InChI=1S/C16H22F2N2O2/c17-13-7-12(8-14(18)9-13)10-19-16(22)11-20-5-2-1-3-15(20)4-6-21/h7-9,15,21H,1-6,10-11H2,(H,19,22). The van der Waals surface area contributed by atoms with Crippen LogP contribution in [0.3, 0.4) is 0 Å². The SMILES string of the molecule is O=C(CN1CCCCC1CCO)NCc1cc(F)cc(F)c1. The zero-order valence-corrected chi connectivity index (χ0v) is 12.5. The smallest absolute Gasteiger partial charge is 0.234 e. The molecule has 0 saturated carbocycles. The Balaban J connectivity index is 1.84. The number of carbonyl (C=O) groups excluding carboxylic acids is 1. The molecule has 0 radical (unpaired) electrons. The molecule has 1 aliphatic heterocycles. The minimum atomic E-state index is -0.650. The number of piperidine rings is 1. The summed E-state index contributed by atoms with van der Waals surface area (Å²) in [6, 6.07) is 3.45. The normalized spacial score (nSPS) is 19.1. The minimum Gasteiger partial charge on any atom is -0.396 e. The van der Waals surface area contributed by atoms with E-state index >= 15 is 0 Å². The van der Waals surface area contributed by atoms with Gasteiger partial charge in [0, 0.05) is 25.3 Å². The summed E-state index contributed by atoms with van der Waals surface area (Å²) >= 11 is 0. The summed E-state index contributed by atoms with van der Waals surface area (Å²) in [7, 11) is 0. The van der Waals surface area contributed by atoms with Gasteiger partial charge in [0.05, 0.1) is 6.54 Å². The van der Waals surface area contributed by atoms with Crippen LogP contribution in [0.1, 0.15) is 31.2 Å². The third-order valence-electron chi connectivity index (χ3n) is 3.97. The molecule has 1 heterocycles. The summed E-state index contributed by atoms with van der Waals surface area (Å²) in [5.74, 6) is -1.47. The molecule has 1 aromatic carbocycles. The number of halogens is 2. The number of benzene rings is 1. The Bertz CT molecular complexity index is 489. The zero-order valence-electron chi connectivity index (χ0n) is 12.5. The van der Waals surface area contributed by atoms with Gasteiger partial charge in [-0.15, -0.1) is 0 Å². The summed E-state index contributed by atoms with van der Waals surface area (Å²) < 4.78 is 26.2. The maximum Gasteiger partial charge on any atom is 0.234 e. The lowest BCUT2D eigenvalue weighted by Crippen LogP contribution is -2.45. The first-order valence-electron chi connectivity index (χ1n) is 7.65. The lowest BCUT2D eigenvalue weighted by molar-refractivity contribution is -0.123. The monoisotopic (exact) mass is 312 g/mol. The van der Waals surface area contributed by atoms with Crippen LogP contribution < -0.4 is 5.32 Å². The van der Waals surface area contributed by atoms with Gasteiger partial charge in [-0.3, -0.25) is 9.69 Å². The predicted molar refractivity (Wildman–Crippen MR) is 79.1 cm³/mol. The Labute approximate surface area is 129 Å². The summed E-state index contributed by atoms with van der Waals surface area (Å²) in [4.78, 5) is 14.1. The van der Waals surface area contributed by atoms with Crippen LogP contribution in [0.5, 0.6) is 0 Å². The van der Waals surface area contributed by atoms with E-state index < -0.39 is 11.6 Å². The predicted octanol–water partition coefficient (Wildman–Crippen LogP) is 1.82. The number of likely N-dealkylation sites (tertiary alicyclic amines) is 1. The minimum absolute atomic E-state index is 0.103. The van der Waals surface area contributed by atoms with Crippen LogP contribution >= 0.6 is 0 Å². The van der Waals surface area contributed by atoms with E-state index in [4.69, 9.17) is 5.11 Å². The third-order valence-corrected chi connectivity index (χ3v) is 3.97. The van der Waals surface area contributed by atoms with Gasteiger partial charge >= 0.3 is 0 Å². The average Bonchev–Trinajstić information content (AvgIpc) is 2.46. The Hall–Kier alpha value is -1.53. The second-order valence-electron chi connectivity index (χ2n) is 5.69. The summed E-state index contributed by atoms with van der Waals surface area (Å²) in [6.45, 7) is 1.31. The van der Waals surface area contributed by atoms with Crippen LogP contribution in [0.25, 0.3) is 0 Å². The molecule has 0 spiro atoms. The maximum atomic E-state index is 13.1. The van der Waals surface area contributed by atoms with Crippen LogP contribution in [0, 0.1) is 11.6 Å². The van der Waals surface area contributed by atoms with Crippen LogP contribution in [0.2, 0.25) is 0 Å². The van der Waals surface area contributed by atoms with Gasteiger partial charge in [-0.05, 0) is 43.5 Å². The van der Waals surface area contributed by atoms with Crippen molar-refractivity contribution in [1.29, 1.82) is 0 Å². The highest BCUT2D eigenvalue weighted by molar-refractivity contribution is 5.78. The Morgan fingerprint density at radius 1 is 1.27 bits per heavy atom. The molecule has 0 bridgehead atoms. The van der Waals surface area contributed by atoms with Crippen molar-refractivity contribution >= 4 is 5.91 Å². The van der Waals surface area contributed by atoms with Gasteiger partial charge in [-0.25, -0.2) is 8.78 Å². The topological polar surface area (TPSA) is 52.6 Å². The average molecular weight is 312 g/mol. The second-order valence-corrected chi connectivity index (χ2v) is 5.69. The molecule has 1 amide bonds. The highest BCUT2D eigenvalue weighted by atomic mass is 19.1. The molecule has 0 aromatic heterocycles. The van der Waals surface area contributed by atoms with E-state index in [9.17, 15) is 13.6 Å².